The van der Waals surface area contributed by atoms with Crippen molar-refractivity contribution in [2.75, 3.05) is 13.7 Å². The van der Waals surface area contributed by atoms with Crippen LogP contribution in [0.4, 0.5) is 0 Å². The molecule has 1 aromatic rings. The van der Waals surface area contributed by atoms with Gasteiger partial charge in [0.1, 0.15) is 0 Å². The Morgan fingerprint density at radius 2 is 1.65 bits per heavy atom. The van der Waals surface area contributed by atoms with Crippen LogP contribution in [0.15, 0.2) is 24.3 Å². The fraction of sp³-hybridized carbons (Fsp3) is 0.556. The Labute approximate surface area is 137 Å². The molecule has 0 saturated heterocycles. The molecule has 0 aromatic heterocycles. The molecule has 5 nitrogen and oxygen atoms in total. The molecule has 0 spiro atoms. The molecule has 0 N–H and O–H groups in total. The first-order chi connectivity index (χ1) is 11.0. The second-order valence-electron chi connectivity index (χ2n) is 5.74. The molecule has 0 fully saturated rings. The van der Waals surface area contributed by atoms with Crippen LogP contribution in [0.1, 0.15) is 46.0 Å². The number of carbonyl (C=O) groups excluding carboxylic acids is 2. The largest absolute Gasteiger partial charge is 0.493 e. The van der Waals surface area contributed by atoms with Crippen LogP contribution in [0.3, 0.4) is 0 Å². The van der Waals surface area contributed by atoms with Crippen molar-refractivity contribution in [1.29, 1.82) is 0 Å². The number of benzene rings is 1. The molecule has 128 valence electrons. The third-order valence-electron chi connectivity index (χ3n) is 3.24. The fourth-order valence-corrected chi connectivity index (χ4v) is 2.00. The van der Waals surface area contributed by atoms with Crippen LogP contribution in [0.2, 0.25) is 0 Å². The van der Waals surface area contributed by atoms with E-state index in [-0.39, 0.29) is 24.8 Å². The van der Waals surface area contributed by atoms with E-state index in [1.165, 1.54) is 7.11 Å². The summed E-state index contributed by atoms with van der Waals surface area (Å²) in [6, 6.07) is 6.95. The van der Waals surface area contributed by atoms with Gasteiger partial charge < -0.3 is 14.2 Å². The van der Waals surface area contributed by atoms with Crippen LogP contribution in [-0.4, -0.2) is 25.7 Å². The molecule has 0 saturated carbocycles. The predicted octanol–water partition coefficient (Wildman–Crippen LogP) is 3.75. The van der Waals surface area contributed by atoms with Gasteiger partial charge in [0.25, 0.3) is 0 Å². The number of rotatable bonds is 10. The monoisotopic (exact) mass is 322 g/mol. The zero-order valence-electron chi connectivity index (χ0n) is 14.2. The molecule has 0 heterocycles. The Kier molecular flexibility index (Phi) is 8.80. The van der Waals surface area contributed by atoms with Crippen molar-refractivity contribution in [1.82, 2.24) is 0 Å². The molecule has 1 aromatic carbocycles. The van der Waals surface area contributed by atoms with Gasteiger partial charge in [0.2, 0.25) is 0 Å². The van der Waals surface area contributed by atoms with E-state index < -0.39 is 0 Å². The van der Waals surface area contributed by atoms with Crippen LogP contribution in [0, 0.1) is 5.92 Å². The molecular formula is C18H26O5. The minimum Gasteiger partial charge on any atom is -0.493 e. The lowest BCUT2D eigenvalue weighted by molar-refractivity contribution is -0.144. The highest BCUT2D eigenvalue weighted by atomic mass is 16.6. The Balaban J connectivity index is 2.20. The first-order valence-electron chi connectivity index (χ1n) is 8.02. The lowest BCUT2D eigenvalue weighted by Gasteiger charge is -2.09. The van der Waals surface area contributed by atoms with E-state index in [4.69, 9.17) is 14.2 Å². The van der Waals surface area contributed by atoms with Crippen LogP contribution in [0.25, 0.3) is 0 Å². The van der Waals surface area contributed by atoms with Crippen molar-refractivity contribution in [2.45, 2.75) is 46.0 Å². The molecule has 5 heteroatoms. The van der Waals surface area contributed by atoms with Crippen molar-refractivity contribution in [3.63, 3.8) is 0 Å². The summed E-state index contributed by atoms with van der Waals surface area (Å²) in [5.74, 6) is 0.848. The topological polar surface area (TPSA) is 61.8 Å². The standard InChI is InChI=1S/C18H26O5/c1-14(2)8-7-13-22-17(19)11-6-12-18(20)23-16-10-5-4-9-15(16)21-3/h4-5,9-10,14H,6-8,11-13H2,1-3H3. The maximum Gasteiger partial charge on any atom is 0.311 e. The molecule has 0 radical (unpaired) electrons. The van der Waals surface area contributed by atoms with Crippen molar-refractivity contribution in [2.24, 2.45) is 5.92 Å². The number of carbonyl (C=O) groups is 2. The van der Waals surface area contributed by atoms with Gasteiger partial charge in [-0.1, -0.05) is 26.0 Å². The number of para-hydroxylation sites is 2. The SMILES string of the molecule is COc1ccccc1OC(=O)CCCC(=O)OCCCC(C)C. The average Bonchev–Trinajstić information content (AvgIpc) is 2.52. The van der Waals surface area contributed by atoms with Crippen molar-refractivity contribution in [3.8, 4) is 11.5 Å². The van der Waals surface area contributed by atoms with Crippen molar-refractivity contribution < 1.29 is 23.8 Å². The summed E-state index contributed by atoms with van der Waals surface area (Å²) in [4.78, 5) is 23.3. The van der Waals surface area contributed by atoms with Crippen LogP contribution < -0.4 is 9.47 Å². The second kappa shape index (κ2) is 10.6. The highest BCUT2D eigenvalue weighted by Gasteiger charge is 2.11. The van der Waals surface area contributed by atoms with Gasteiger partial charge >= 0.3 is 11.9 Å². The van der Waals surface area contributed by atoms with E-state index in [0.717, 1.165) is 12.8 Å². The third-order valence-corrected chi connectivity index (χ3v) is 3.24. The quantitative estimate of drug-likeness (QED) is 0.373. The number of esters is 2. The van der Waals surface area contributed by atoms with Gasteiger partial charge in [-0.2, -0.15) is 0 Å². The van der Waals surface area contributed by atoms with Gasteiger partial charge in [-0.15, -0.1) is 0 Å². The fourth-order valence-electron chi connectivity index (χ4n) is 2.00. The Morgan fingerprint density at radius 1 is 1.00 bits per heavy atom. The van der Waals surface area contributed by atoms with Crippen molar-refractivity contribution in [3.05, 3.63) is 24.3 Å². The molecule has 0 unspecified atom stereocenters. The van der Waals surface area contributed by atoms with E-state index in [0.29, 0.717) is 30.4 Å². The first kappa shape index (κ1) is 19.0. The smallest absolute Gasteiger partial charge is 0.311 e. The van der Waals surface area contributed by atoms with Crippen LogP contribution in [0.5, 0.6) is 11.5 Å². The number of hydrogen-bond donors (Lipinski definition) is 0. The maximum absolute atomic E-state index is 11.8. The molecule has 23 heavy (non-hydrogen) atoms. The number of hydrogen-bond acceptors (Lipinski definition) is 5. The van der Waals surface area contributed by atoms with Crippen molar-refractivity contribution >= 4 is 11.9 Å². The van der Waals surface area contributed by atoms with E-state index in [1.807, 2.05) is 0 Å². The zero-order chi connectivity index (χ0) is 17.1. The van der Waals surface area contributed by atoms with Crippen LogP contribution >= 0.6 is 0 Å². The normalized spacial score (nSPS) is 10.4. The molecule has 0 aliphatic carbocycles. The molecule has 0 aliphatic rings. The van der Waals surface area contributed by atoms with Gasteiger partial charge in [0, 0.05) is 12.8 Å². The number of ether oxygens (including phenoxy) is 3. The summed E-state index contributed by atoms with van der Waals surface area (Å²) >= 11 is 0. The summed E-state index contributed by atoms with van der Waals surface area (Å²) in [5.41, 5.74) is 0. The summed E-state index contributed by atoms with van der Waals surface area (Å²) in [5, 5.41) is 0. The van der Waals surface area contributed by atoms with E-state index >= 15 is 0 Å². The lowest BCUT2D eigenvalue weighted by atomic mass is 10.1. The highest BCUT2D eigenvalue weighted by Crippen LogP contribution is 2.26. The zero-order valence-corrected chi connectivity index (χ0v) is 14.2. The maximum atomic E-state index is 11.8. The molecule has 0 bridgehead atoms. The Bertz CT molecular complexity index is 496. The van der Waals surface area contributed by atoms with Gasteiger partial charge in [-0.3, -0.25) is 9.59 Å². The van der Waals surface area contributed by atoms with Gasteiger partial charge in [-0.05, 0) is 37.3 Å². The lowest BCUT2D eigenvalue weighted by Crippen LogP contribution is -2.11. The summed E-state index contributed by atoms with van der Waals surface area (Å²) < 4.78 is 15.5. The molecule has 0 amide bonds. The van der Waals surface area contributed by atoms with Gasteiger partial charge in [0.15, 0.2) is 11.5 Å². The Hall–Kier alpha value is -2.04. The van der Waals surface area contributed by atoms with E-state index in [9.17, 15) is 9.59 Å². The summed E-state index contributed by atoms with van der Waals surface area (Å²) in [6.45, 7) is 4.72. The predicted molar refractivity (Wildman–Crippen MR) is 87.5 cm³/mol. The highest BCUT2D eigenvalue weighted by molar-refractivity contribution is 5.74. The third kappa shape index (κ3) is 8.24. The minimum absolute atomic E-state index is 0.166. The van der Waals surface area contributed by atoms with Crippen LogP contribution in [-0.2, 0) is 14.3 Å². The van der Waals surface area contributed by atoms with E-state index in [2.05, 4.69) is 13.8 Å². The molecule has 0 aliphatic heterocycles. The molecule has 0 atom stereocenters. The Morgan fingerprint density at radius 3 is 2.30 bits per heavy atom. The second-order valence-corrected chi connectivity index (χ2v) is 5.74. The minimum atomic E-state index is -0.387. The average molecular weight is 322 g/mol. The molecule has 1 rings (SSSR count). The van der Waals surface area contributed by atoms with Gasteiger partial charge in [0.05, 0.1) is 13.7 Å². The number of methoxy groups -OCH3 is 1. The summed E-state index contributed by atoms with van der Waals surface area (Å²) in [7, 11) is 1.52. The first-order valence-corrected chi connectivity index (χ1v) is 8.02. The van der Waals surface area contributed by atoms with Gasteiger partial charge in [-0.25, -0.2) is 0 Å². The molecular weight excluding hydrogens is 296 g/mol. The summed E-state index contributed by atoms with van der Waals surface area (Å²) in [6.07, 6.45) is 2.72. The van der Waals surface area contributed by atoms with E-state index in [1.54, 1.807) is 24.3 Å².